The van der Waals surface area contributed by atoms with Crippen LogP contribution in [0, 0.1) is 14.1 Å². The van der Waals surface area contributed by atoms with E-state index in [1.54, 1.807) is 12.3 Å². The number of amides is 1. The van der Waals surface area contributed by atoms with E-state index in [0.717, 1.165) is 10.2 Å². The average Bonchev–Trinajstić information content (AvgIpc) is 3.04. The Bertz CT molecular complexity index is 1060. The molecule has 0 bridgehead atoms. The lowest BCUT2D eigenvalue weighted by atomic mass is 10.2. The van der Waals surface area contributed by atoms with Gasteiger partial charge in [0.05, 0.1) is 16.4 Å². The van der Waals surface area contributed by atoms with Crippen LogP contribution in [0.2, 0.25) is 0 Å². The number of hydrogen-bond donors (Lipinski definition) is 1. The summed E-state index contributed by atoms with van der Waals surface area (Å²) in [5, 5.41) is 3.45. The van der Waals surface area contributed by atoms with Crippen LogP contribution in [-0.4, -0.2) is 15.9 Å². The van der Waals surface area contributed by atoms with Gasteiger partial charge < -0.3 is 0 Å². The zero-order chi connectivity index (χ0) is 17.9. The van der Waals surface area contributed by atoms with Gasteiger partial charge in [-0.15, -0.1) is 0 Å². The molecule has 1 amide bonds. The molecule has 0 spiro atoms. The third-order valence-corrected chi connectivity index (χ3v) is 7.21. The molecule has 128 valence electrons. The molecule has 0 aliphatic rings. The van der Waals surface area contributed by atoms with Gasteiger partial charge >= 0.3 is 21.2 Å². The fourth-order valence-electron chi connectivity index (χ4n) is 2.42. The fraction of sp³-hybridized carbons (Fsp3) is 0.0500. The largest absolute Gasteiger partial charge is 0.359 e. The van der Waals surface area contributed by atoms with Crippen LogP contribution in [-0.2, 0) is 0 Å². The van der Waals surface area contributed by atoms with Gasteiger partial charge in [-0.3, -0.25) is 10.1 Å². The van der Waals surface area contributed by atoms with Gasteiger partial charge in [-0.2, -0.15) is 0 Å². The zero-order valence-electron chi connectivity index (χ0n) is 13.9. The highest BCUT2D eigenvalue weighted by molar-refractivity contribution is 7.22. The Morgan fingerprint density at radius 1 is 1.04 bits per heavy atom. The molecule has 4 nitrogen and oxygen atoms in total. The maximum atomic E-state index is 12.4. The minimum Gasteiger partial charge on any atom is -0.296 e. The number of aromatic nitrogens is 2. The molecule has 0 fully saturated rings. The van der Waals surface area contributed by atoms with Gasteiger partial charge in [-0.05, 0) is 48.9 Å². The summed E-state index contributed by atoms with van der Waals surface area (Å²) in [5.41, 5.74) is 2.48. The summed E-state index contributed by atoms with van der Waals surface area (Å²) in [4.78, 5) is 21.2. The third kappa shape index (κ3) is 3.91. The molecule has 2 heterocycles. The number of anilines is 1. The summed E-state index contributed by atoms with van der Waals surface area (Å²) in [6, 6.07) is 20.2. The first-order valence-corrected chi connectivity index (χ1v) is 11.0. The van der Waals surface area contributed by atoms with E-state index in [1.807, 2.05) is 43.3 Å². The Balaban J connectivity index is 1.47. The highest BCUT2D eigenvalue weighted by Crippen LogP contribution is 2.26. The summed E-state index contributed by atoms with van der Waals surface area (Å²) in [6.45, 7) is 2.04. The number of hydrogen-bond acceptors (Lipinski definition) is 4. The van der Waals surface area contributed by atoms with Crippen LogP contribution in [0.5, 0.6) is 0 Å². The molecule has 0 aliphatic carbocycles. The standard InChI is InChI=1S/C20H14IN3OS/c1-13-7-9-16-18(11-13)26-20(23-16)24-19(25)17-10-8-15(12-22-17)21-14-5-3-2-4-6-14/h2-12H,1H3/p+1. The second-order valence-electron chi connectivity index (χ2n) is 5.70. The fourth-order valence-corrected chi connectivity index (χ4v) is 5.51. The Labute approximate surface area is 165 Å². The summed E-state index contributed by atoms with van der Waals surface area (Å²) in [7, 11) is 0. The highest BCUT2D eigenvalue weighted by atomic mass is 127. The van der Waals surface area contributed by atoms with E-state index in [-0.39, 0.29) is 27.1 Å². The van der Waals surface area contributed by atoms with Crippen molar-refractivity contribution < 1.29 is 26.0 Å². The van der Waals surface area contributed by atoms with E-state index in [0.29, 0.717) is 10.8 Å². The molecule has 6 heteroatoms. The van der Waals surface area contributed by atoms with Crippen LogP contribution in [0.1, 0.15) is 16.1 Å². The van der Waals surface area contributed by atoms with Crippen LogP contribution in [0.4, 0.5) is 5.13 Å². The number of halogens is 1. The molecule has 0 saturated heterocycles. The first-order chi connectivity index (χ1) is 12.7. The van der Waals surface area contributed by atoms with E-state index in [2.05, 4.69) is 33.5 Å². The van der Waals surface area contributed by atoms with Crippen molar-refractivity contribution in [3.63, 3.8) is 0 Å². The zero-order valence-corrected chi connectivity index (χ0v) is 16.9. The van der Waals surface area contributed by atoms with Crippen molar-refractivity contribution in [2.24, 2.45) is 0 Å². The highest BCUT2D eigenvalue weighted by Gasteiger charge is 2.17. The Kier molecular flexibility index (Phi) is 4.94. The molecule has 26 heavy (non-hydrogen) atoms. The van der Waals surface area contributed by atoms with E-state index in [4.69, 9.17) is 0 Å². The maximum Gasteiger partial charge on any atom is 0.359 e. The predicted molar refractivity (Wildman–Crippen MR) is 100 cm³/mol. The summed E-state index contributed by atoms with van der Waals surface area (Å²) in [5.74, 6) is -0.231. The SMILES string of the molecule is Cc1ccc2nc(NC(=O)c3ccc([I+]c4ccccc4)cn3)sc2c1. The summed E-state index contributed by atoms with van der Waals surface area (Å²) < 4.78 is 3.58. The van der Waals surface area contributed by atoms with Crippen molar-refractivity contribution >= 4 is 32.6 Å². The number of fused-ring (bicyclic) bond motifs is 1. The first kappa shape index (κ1) is 17.1. The molecule has 0 atom stereocenters. The molecule has 2 aromatic heterocycles. The van der Waals surface area contributed by atoms with Gasteiger partial charge in [-0.25, -0.2) is 9.97 Å². The van der Waals surface area contributed by atoms with Crippen molar-refractivity contribution in [3.05, 3.63) is 85.3 Å². The number of carbonyl (C=O) groups is 1. The molecule has 0 saturated carbocycles. The van der Waals surface area contributed by atoms with Crippen LogP contribution < -0.4 is 26.5 Å². The van der Waals surface area contributed by atoms with Crippen LogP contribution >= 0.6 is 11.3 Å². The van der Waals surface area contributed by atoms with E-state index >= 15 is 0 Å². The van der Waals surface area contributed by atoms with Gasteiger partial charge in [0.1, 0.15) is 5.69 Å². The number of nitrogens with zero attached hydrogens (tertiary/aromatic N) is 2. The molecular weight excluding hydrogens is 457 g/mol. The normalized spacial score (nSPS) is 10.8. The molecule has 0 unspecified atom stereocenters. The first-order valence-electron chi connectivity index (χ1n) is 8.02. The quantitative estimate of drug-likeness (QED) is 0.457. The van der Waals surface area contributed by atoms with Crippen LogP contribution in [0.25, 0.3) is 10.2 Å². The number of benzene rings is 2. The molecule has 4 aromatic rings. The lowest BCUT2D eigenvalue weighted by Crippen LogP contribution is -3.61. The number of pyridine rings is 1. The Morgan fingerprint density at radius 3 is 2.65 bits per heavy atom. The molecule has 0 radical (unpaired) electrons. The van der Waals surface area contributed by atoms with Gasteiger partial charge in [0.15, 0.2) is 8.70 Å². The van der Waals surface area contributed by atoms with Crippen molar-refractivity contribution in [2.75, 3.05) is 5.32 Å². The van der Waals surface area contributed by atoms with Crippen molar-refractivity contribution in [1.29, 1.82) is 0 Å². The van der Waals surface area contributed by atoms with Crippen molar-refractivity contribution in [3.8, 4) is 0 Å². The second kappa shape index (κ2) is 7.51. The van der Waals surface area contributed by atoms with Gasteiger partial charge in [0.2, 0.25) is 3.57 Å². The number of thiazole rings is 1. The monoisotopic (exact) mass is 472 g/mol. The molecule has 1 N–H and O–H groups in total. The topological polar surface area (TPSA) is 54.9 Å². The maximum absolute atomic E-state index is 12.4. The molecular formula is C20H15IN3OS+. The van der Waals surface area contributed by atoms with Crippen molar-refractivity contribution in [1.82, 2.24) is 9.97 Å². The third-order valence-electron chi connectivity index (χ3n) is 3.68. The summed E-state index contributed by atoms with van der Waals surface area (Å²) in [6.07, 6.45) is 1.80. The Morgan fingerprint density at radius 2 is 1.88 bits per heavy atom. The van der Waals surface area contributed by atoms with Crippen LogP contribution in [0.3, 0.4) is 0 Å². The Hall–Kier alpha value is -2.32. The van der Waals surface area contributed by atoms with Crippen molar-refractivity contribution in [2.45, 2.75) is 6.92 Å². The van der Waals surface area contributed by atoms with E-state index < -0.39 is 0 Å². The summed E-state index contributed by atoms with van der Waals surface area (Å²) >= 11 is 1.20. The second-order valence-corrected chi connectivity index (χ2v) is 9.76. The number of carbonyl (C=O) groups excluding carboxylic acids is 1. The predicted octanol–water partition coefficient (Wildman–Crippen LogP) is 1.38. The molecule has 0 aliphatic heterocycles. The lowest BCUT2D eigenvalue weighted by molar-refractivity contribution is -0.597. The number of aryl methyl sites for hydroxylation is 1. The molecule has 4 rings (SSSR count). The van der Waals surface area contributed by atoms with Gasteiger partial charge in [0, 0.05) is 0 Å². The van der Waals surface area contributed by atoms with Gasteiger partial charge in [0.25, 0.3) is 5.91 Å². The van der Waals surface area contributed by atoms with E-state index in [1.165, 1.54) is 24.0 Å². The lowest BCUT2D eigenvalue weighted by Gasteiger charge is -1.99. The minimum absolute atomic E-state index is 0.231. The number of rotatable bonds is 4. The van der Waals surface area contributed by atoms with Gasteiger partial charge in [-0.1, -0.05) is 35.6 Å². The molecule has 2 aromatic carbocycles. The van der Waals surface area contributed by atoms with E-state index in [9.17, 15) is 4.79 Å². The smallest absolute Gasteiger partial charge is 0.296 e. The van der Waals surface area contributed by atoms with Crippen LogP contribution in [0.15, 0.2) is 66.9 Å². The minimum atomic E-state index is -0.275. The number of nitrogens with one attached hydrogen (secondary N) is 1. The average molecular weight is 472 g/mol.